The molecule has 0 aliphatic carbocycles. The molecule has 1 aromatic rings. The average molecular weight is 235 g/mol. The van der Waals surface area contributed by atoms with Gasteiger partial charge >= 0.3 is 0 Å². The number of ether oxygens (including phenoxy) is 1. The minimum Gasteiger partial charge on any atom is -0.387 e. The van der Waals surface area contributed by atoms with E-state index in [1.54, 1.807) is 0 Å². The number of aliphatic hydroxyl groups excluding tert-OH is 1. The quantitative estimate of drug-likeness (QED) is 0.816. The second kappa shape index (κ2) is 6.15. The van der Waals surface area contributed by atoms with Crippen LogP contribution in [0.1, 0.15) is 25.0 Å². The molecule has 2 rings (SSSR count). The summed E-state index contributed by atoms with van der Waals surface area (Å²) in [7, 11) is 0. The Kier molecular flexibility index (Phi) is 4.54. The Morgan fingerprint density at radius 1 is 1.41 bits per heavy atom. The average Bonchev–Trinajstić information content (AvgIpc) is 2.76. The summed E-state index contributed by atoms with van der Waals surface area (Å²) in [5.41, 5.74) is 0.968. The minimum atomic E-state index is -0.422. The van der Waals surface area contributed by atoms with Crippen LogP contribution in [-0.4, -0.2) is 30.9 Å². The summed E-state index contributed by atoms with van der Waals surface area (Å²) >= 11 is 0. The van der Waals surface area contributed by atoms with Crippen LogP contribution in [0.3, 0.4) is 0 Å². The summed E-state index contributed by atoms with van der Waals surface area (Å²) in [6.07, 6.45) is 1.04. The van der Waals surface area contributed by atoms with Crippen molar-refractivity contribution in [2.24, 2.45) is 5.92 Å². The van der Waals surface area contributed by atoms with Crippen LogP contribution in [0.4, 0.5) is 0 Å². The van der Waals surface area contributed by atoms with Gasteiger partial charge in [0.2, 0.25) is 0 Å². The first-order chi connectivity index (χ1) is 8.27. The molecule has 3 nitrogen and oxygen atoms in total. The highest BCUT2D eigenvalue weighted by Crippen LogP contribution is 2.19. The van der Waals surface area contributed by atoms with E-state index in [4.69, 9.17) is 4.74 Å². The lowest BCUT2D eigenvalue weighted by Crippen LogP contribution is -2.30. The monoisotopic (exact) mass is 235 g/mol. The van der Waals surface area contributed by atoms with Gasteiger partial charge in [-0.15, -0.1) is 0 Å². The molecule has 0 saturated carbocycles. The van der Waals surface area contributed by atoms with Crippen molar-refractivity contribution >= 4 is 0 Å². The van der Waals surface area contributed by atoms with Crippen LogP contribution in [-0.2, 0) is 4.74 Å². The molecule has 94 valence electrons. The highest BCUT2D eigenvalue weighted by molar-refractivity contribution is 5.17. The minimum absolute atomic E-state index is 0.344. The van der Waals surface area contributed by atoms with E-state index in [2.05, 4.69) is 12.2 Å². The van der Waals surface area contributed by atoms with Gasteiger partial charge in [-0.05, 0) is 24.8 Å². The number of rotatable bonds is 5. The van der Waals surface area contributed by atoms with Gasteiger partial charge in [0.15, 0.2) is 0 Å². The molecule has 0 radical (unpaired) electrons. The van der Waals surface area contributed by atoms with Gasteiger partial charge in [-0.2, -0.15) is 0 Å². The van der Waals surface area contributed by atoms with E-state index in [0.717, 1.165) is 25.1 Å². The summed E-state index contributed by atoms with van der Waals surface area (Å²) < 4.78 is 5.51. The Bertz CT molecular complexity index is 328. The number of benzene rings is 1. The van der Waals surface area contributed by atoms with Crippen molar-refractivity contribution in [2.75, 3.05) is 19.7 Å². The zero-order valence-electron chi connectivity index (χ0n) is 10.3. The Morgan fingerprint density at radius 2 is 2.18 bits per heavy atom. The summed E-state index contributed by atoms with van der Waals surface area (Å²) in [5.74, 6) is 0.581. The molecular weight excluding hydrogens is 214 g/mol. The molecule has 1 heterocycles. The third-order valence-corrected chi connectivity index (χ3v) is 3.46. The zero-order chi connectivity index (χ0) is 12.1. The van der Waals surface area contributed by atoms with E-state index in [-0.39, 0.29) is 0 Å². The van der Waals surface area contributed by atoms with Crippen LogP contribution in [0.25, 0.3) is 0 Å². The number of aliphatic hydroxyl groups is 1. The summed E-state index contributed by atoms with van der Waals surface area (Å²) in [5, 5.41) is 13.3. The van der Waals surface area contributed by atoms with E-state index >= 15 is 0 Å². The number of hydrogen-bond acceptors (Lipinski definition) is 3. The molecule has 1 aliphatic rings. The first-order valence-corrected chi connectivity index (χ1v) is 6.32. The molecule has 0 aromatic heterocycles. The van der Waals surface area contributed by atoms with Crippen molar-refractivity contribution in [3.8, 4) is 0 Å². The van der Waals surface area contributed by atoms with Crippen LogP contribution in [0.5, 0.6) is 0 Å². The molecule has 3 atom stereocenters. The molecule has 3 heteroatoms. The zero-order valence-corrected chi connectivity index (χ0v) is 10.3. The van der Waals surface area contributed by atoms with Crippen LogP contribution in [0, 0.1) is 5.92 Å². The summed E-state index contributed by atoms with van der Waals surface area (Å²) in [4.78, 5) is 0. The molecule has 0 bridgehead atoms. The molecule has 1 saturated heterocycles. The largest absolute Gasteiger partial charge is 0.387 e. The van der Waals surface area contributed by atoms with Gasteiger partial charge in [0, 0.05) is 19.7 Å². The maximum absolute atomic E-state index is 9.97. The fourth-order valence-electron chi connectivity index (χ4n) is 2.24. The van der Waals surface area contributed by atoms with Crippen LogP contribution < -0.4 is 5.32 Å². The van der Waals surface area contributed by atoms with E-state index in [0.29, 0.717) is 18.6 Å². The summed E-state index contributed by atoms with van der Waals surface area (Å²) in [6.45, 7) is 4.51. The maximum Gasteiger partial charge on any atom is 0.0914 e. The first-order valence-electron chi connectivity index (χ1n) is 6.32. The Labute approximate surface area is 103 Å². The van der Waals surface area contributed by atoms with E-state index in [9.17, 15) is 5.11 Å². The molecule has 2 N–H and O–H groups in total. The maximum atomic E-state index is 9.97. The predicted molar refractivity (Wildman–Crippen MR) is 67.8 cm³/mol. The van der Waals surface area contributed by atoms with Crippen molar-refractivity contribution in [2.45, 2.75) is 25.6 Å². The van der Waals surface area contributed by atoms with Crippen molar-refractivity contribution in [1.29, 1.82) is 0 Å². The third kappa shape index (κ3) is 3.53. The normalized spacial score (nSPS) is 26.0. The predicted octanol–water partition coefficient (Wildman–Crippen LogP) is 1.73. The van der Waals surface area contributed by atoms with Crippen molar-refractivity contribution in [3.63, 3.8) is 0 Å². The fraction of sp³-hybridized carbons (Fsp3) is 0.571. The molecule has 1 aliphatic heterocycles. The molecule has 3 unspecified atom stereocenters. The van der Waals surface area contributed by atoms with Gasteiger partial charge in [-0.3, -0.25) is 0 Å². The second-order valence-corrected chi connectivity index (χ2v) is 4.71. The molecular formula is C14H21NO2. The summed E-state index contributed by atoms with van der Waals surface area (Å²) in [6, 6.07) is 9.76. The third-order valence-electron chi connectivity index (χ3n) is 3.46. The van der Waals surface area contributed by atoms with Gasteiger partial charge in [0.1, 0.15) is 0 Å². The highest BCUT2D eigenvalue weighted by Gasteiger charge is 2.23. The Morgan fingerprint density at radius 3 is 2.82 bits per heavy atom. The van der Waals surface area contributed by atoms with Gasteiger partial charge < -0.3 is 15.2 Å². The SMILES string of the molecule is CC1OCCC1CNCC(O)c1ccccc1. The molecule has 1 aromatic carbocycles. The van der Waals surface area contributed by atoms with E-state index < -0.39 is 6.10 Å². The van der Waals surface area contributed by atoms with Crippen molar-refractivity contribution in [3.05, 3.63) is 35.9 Å². The number of nitrogens with one attached hydrogen (secondary N) is 1. The standard InChI is InChI=1S/C14H21NO2/c1-11-13(7-8-17-11)9-15-10-14(16)12-5-3-2-4-6-12/h2-6,11,13-16H,7-10H2,1H3. The Hall–Kier alpha value is -0.900. The van der Waals surface area contributed by atoms with E-state index in [1.165, 1.54) is 0 Å². The lowest BCUT2D eigenvalue weighted by Gasteiger charge is -2.17. The topological polar surface area (TPSA) is 41.5 Å². The van der Waals surface area contributed by atoms with Gasteiger partial charge in [-0.1, -0.05) is 30.3 Å². The van der Waals surface area contributed by atoms with Crippen LogP contribution in [0.15, 0.2) is 30.3 Å². The van der Waals surface area contributed by atoms with Crippen molar-refractivity contribution in [1.82, 2.24) is 5.32 Å². The molecule has 17 heavy (non-hydrogen) atoms. The first kappa shape index (κ1) is 12.6. The van der Waals surface area contributed by atoms with Crippen molar-refractivity contribution < 1.29 is 9.84 Å². The van der Waals surface area contributed by atoms with Gasteiger partial charge in [0.05, 0.1) is 12.2 Å². The molecule has 0 spiro atoms. The lowest BCUT2D eigenvalue weighted by atomic mass is 10.0. The molecule has 0 amide bonds. The lowest BCUT2D eigenvalue weighted by molar-refractivity contribution is 0.103. The fourth-order valence-corrected chi connectivity index (χ4v) is 2.24. The van der Waals surface area contributed by atoms with Crippen LogP contribution >= 0.6 is 0 Å². The molecule has 1 fully saturated rings. The Balaban J connectivity index is 1.71. The number of hydrogen-bond donors (Lipinski definition) is 2. The van der Waals surface area contributed by atoms with Crippen LogP contribution in [0.2, 0.25) is 0 Å². The van der Waals surface area contributed by atoms with E-state index in [1.807, 2.05) is 30.3 Å². The van der Waals surface area contributed by atoms with Gasteiger partial charge in [-0.25, -0.2) is 0 Å². The highest BCUT2D eigenvalue weighted by atomic mass is 16.5. The van der Waals surface area contributed by atoms with Gasteiger partial charge in [0.25, 0.3) is 0 Å². The smallest absolute Gasteiger partial charge is 0.0914 e. The second-order valence-electron chi connectivity index (χ2n) is 4.71.